The van der Waals surface area contributed by atoms with Crippen molar-refractivity contribution in [2.75, 3.05) is 7.05 Å². The van der Waals surface area contributed by atoms with E-state index in [0.717, 1.165) is 4.90 Å². The van der Waals surface area contributed by atoms with Crippen LogP contribution in [0.2, 0.25) is 0 Å². The lowest BCUT2D eigenvalue weighted by atomic mass is 10.1. The van der Waals surface area contributed by atoms with Gasteiger partial charge in [-0.15, -0.1) is 0 Å². The summed E-state index contributed by atoms with van der Waals surface area (Å²) in [4.78, 5) is 23.6. The van der Waals surface area contributed by atoms with E-state index in [-0.39, 0.29) is 24.6 Å². The van der Waals surface area contributed by atoms with Crippen LogP contribution in [0, 0.1) is 5.82 Å². The molecule has 0 fully saturated rings. The molecule has 0 heterocycles. The molecule has 0 spiro atoms. The summed E-state index contributed by atoms with van der Waals surface area (Å²) in [5, 5.41) is 8.78. The van der Waals surface area contributed by atoms with E-state index in [1.54, 1.807) is 18.2 Å². The van der Waals surface area contributed by atoms with E-state index in [2.05, 4.69) is 0 Å². The molecule has 0 radical (unpaired) electrons. The van der Waals surface area contributed by atoms with E-state index in [9.17, 15) is 14.0 Å². The minimum absolute atomic E-state index is 0.0923. The Balaban J connectivity index is 2.56. The second kappa shape index (κ2) is 6.14. The van der Waals surface area contributed by atoms with Crippen molar-refractivity contribution in [2.24, 2.45) is 0 Å². The molecule has 1 N–H and O–H groups in total. The molecule has 0 aliphatic carbocycles. The first-order valence-electron chi connectivity index (χ1n) is 5.65. The van der Waals surface area contributed by atoms with Crippen LogP contribution in [0.1, 0.15) is 18.9 Å². The minimum Gasteiger partial charge on any atom is -0.480 e. The fourth-order valence-corrected chi connectivity index (χ4v) is 1.50. The fraction of sp³-hybridized carbons (Fsp3) is 0.385. The molecular weight excluding hydrogens is 237 g/mol. The average Bonchev–Trinajstić information content (AvgIpc) is 2.35. The predicted molar refractivity (Wildman–Crippen MR) is 64.6 cm³/mol. The second-order valence-electron chi connectivity index (χ2n) is 4.11. The number of aryl methyl sites for hydroxylation is 1. The number of carbonyl (C=O) groups excluding carboxylic acids is 1. The number of hydrogen-bond donors (Lipinski definition) is 1. The standard InChI is InChI=1S/C13H16FNO3/c1-9(13(17)18)15(2)12(16)8-7-10-5-3-4-6-11(10)14/h3-6,9H,7-8H2,1-2H3,(H,17,18). The molecule has 0 aliphatic rings. The van der Waals surface area contributed by atoms with Crippen LogP contribution >= 0.6 is 0 Å². The van der Waals surface area contributed by atoms with Gasteiger partial charge in [0.25, 0.3) is 0 Å². The van der Waals surface area contributed by atoms with Gasteiger partial charge in [-0.3, -0.25) is 4.79 Å². The maximum absolute atomic E-state index is 13.3. The Labute approximate surface area is 105 Å². The van der Waals surface area contributed by atoms with Gasteiger partial charge in [0.15, 0.2) is 0 Å². The Kier molecular flexibility index (Phi) is 4.83. The van der Waals surface area contributed by atoms with Crippen molar-refractivity contribution >= 4 is 11.9 Å². The molecule has 1 atom stereocenters. The minimum atomic E-state index is -1.06. The molecule has 18 heavy (non-hydrogen) atoms. The lowest BCUT2D eigenvalue weighted by Crippen LogP contribution is -2.40. The van der Waals surface area contributed by atoms with E-state index in [1.807, 2.05) is 0 Å². The van der Waals surface area contributed by atoms with Gasteiger partial charge in [0, 0.05) is 13.5 Å². The van der Waals surface area contributed by atoms with Crippen LogP contribution in [-0.2, 0) is 16.0 Å². The maximum atomic E-state index is 13.3. The maximum Gasteiger partial charge on any atom is 0.326 e. The van der Waals surface area contributed by atoms with Gasteiger partial charge in [-0.2, -0.15) is 0 Å². The summed E-state index contributed by atoms with van der Waals surface area (Å²) in [7, 11) is 1.43. The Hall–Kier alpha value is -1.91. The molecule has 0 saturated carbocycles. The summed E-state index contributed by atoms with van der Waals surface area (Å²) in [6, 6.07) is 5.36. The van der Waals surface area contributed by atoms with Crippen LogP contribution in [0.4, 0.5) is 4.39 Å². The molecule has 1 unspecified atom stereocenters. The van der Waals surface area contributed by atoms with Crippen molar-refractivity contribution in [3.63, 3.8) is 0 Å². The Bertz CT molecular complexity index is 448. The monoisotopic (exact) mass is 253 g/mol. The lowest BCUT2D eigenvalue weighted by molar-refractivity contribution is -0.148. The van der Waals surface area contributed by atoms with Crippen molar-refractivity contribution in [3.05, 3.63) is 35.6 Å². The first kappa shape index (κ1) is 14.2. The third-order valence-corrected chi connectivity index (χ3v) is 2.90. The first-order valence-corrected chi connectivity index (χ1v) is 5.65. The van der Waals surface area contributed by atoms with Crippen LogP contribution in [0.5, 0.6) is 0 Å². The molecule has 0 aromatic heterocycles. The van der Waals surface area contributed by atoms with E-state index in [4.69, 9.17) is 5.11 Å². The smallest absolute Gasteiger partial charge is 0.326 e. The van der Waals surface area contributed by atoms with E-state index >= 15 is 0 Å². The zero-order chi connectivity index (χ0) is 13.7. The fourth-order valence-electron chi connectivity index (χ4n) is 1.50. The number of likely N-dealkylation sites (N-methyl/N-ethyl adjacent to an activating group) is 1. The van der Waals surface area contributed by atoms with Gasteiger partial charge < -0.3 is 10.0 Å². The largest absolute Gasteiger partial charge is 0.480 e. The Morgan fingerprint density at radius 3 is 2.56 bits per heavy atom. The molecule has 1 aromatic rings. The zero-order valence-corrected chi connectivity index (χ0v) is 10.4. The number of halogens is 1. The number of carboxylic acids is 1. The Morgan fingerprint density at radius 2 is 2.00 bits per heavy atom. The molecule has 98 valence electrons. The highest BCUT2D eigenvalue weighted by molar-refractivity contribution is 5.83. The van der Waals surface area contributed by atoms with Gasteiger partial charge in [0.05, 0.1) is 0 Å². The summed E-state index contributed by atoms with van der Waals surface area (Å²) in [6.45, 7) is 1.43. The number of nitrogens with zero attached hydrogens (tertiary/aromatic N) is 1. The number of aliphatic carboxylic acids is 1. The van der Waals surface area contributed by atoms with Gasteiger partial charge in [0.2, 0.25) is 5.91 Å². The summed E-state index contributed by atoms with van der Waals surface area (Å²) in [5.41, 5.74) is 0.460. The average molecular weight is 253 g/mol. The normalized spacial score (nSPS) is 11.9. The molecular formula is C13H16FNO3. The highest BCUT2D eigenvalue weighted by Gasteiger charge is 2.21. The SMILES string of the molecule is CC(C(=O)O)N(C)C(=O)CCc1ccccc1F. The van der Waals surface area contributed by atoms with Crippen molar-refractivity contribution < 1.29 is 19.1 Å². The quantitative estimate of drug-likeness (QED) is 0.868. The molecule has 1 rings (SSSR count). The van der Waals surface area contributed by atoms with Gasteiger partial charge in [0.1, 0.15) is 11.9 Å². The highest BCUT2D eigenvalue weighted by atomic mass is 19.1. The lowest BCUT2D eigenvalue weighted by Gasteiger charge is -2.21. The number of carboxylic acid groups (broad SMARTS) is 1. The van der Waals surface area contributed by atoms with Crippen molar-refractivity contribution in [1.82, 2.24) is 4.90 Å². The highest BCUT2D eigenvalue weighted by Crippen LogP contribution is 2.10. The number of rotatable bonds is 5. The van der Waals surface area contributed by atoms with Gasteiger partial charge >= 0.3 is 5.97 Å². The summed E-state index contributed by atoms with van der Waals surface area (Å²) < 4.78 is 13.3. The van der Waals surface area contributed by atoms with Gasteiger partial charge in [-0.1, -0.05) is 18.2 Å². The van der Waals surface area contributed by atoms with Gasteiger partial charge in [-0.05, 0) is 25.0 Å². The molecule has 0 aliphatic heterocycles. The number of benzene rings is 1. The predicted octanol–water partition coefficient (Wildman–Crippen LogP) is 1.69. The molecule has 1 amide bonds. The number of carbonyl (C=O) groups is 2. The van der Waals surface area contributed by atoms with Crippen molar-refractivity contribution in [2.45, 2.75) is 25.8 Å². The topological polar surface area (TPSA) is 57.6 Å². The van der Waals surface area contributed by atoms with Crippen LogP contribution in [0.25, 0.3) is 0 Å². The van der Waals surface area contributed by atoms with Crippen LogP contribution in [0.15, 0.2) is 24.3 Å². The Morgan fingerprint density at radius 1 is 1.39 bits per heavy atom. The third kappa shape index (κ3) is 3.55. The van der Waals surface area contributed by atoms with Crippen molar-refractivity contribution in [3.8, 4) is 0 Å². The first-order chi connectivity index (χ1) is 8.43. The zero-order valence-electron chi connectivity index (χ0n) is 10.4. The van der Waals surface area contributed by atoms with Crippen LogP contribution in [-0.4, -0.2) is 35.0 Å². The second-order valence-corrected chi connectivity index (χ2v) is 4.11. The van der Waals surface area contributed by atoms with E-state index in [0.29, 0.717) is 5.56 Å². The molecule has 5 heteroatoms. The molecule has 1 aromatic carbocycles. The van der Waals surface area contributed by atoms with Crippen LogP contribution < -0.4 is 0 Å². The third-order valence-electron chi connectivity index (χ3n) is 2.90. The number of amides is 1. The van der Waals surface area contributed by atoms with E-state index < -0.39 is 12.0 Å². The number of hydrogen-bond acceptors (Lipinski definition) is 2. The summed E-state index contributed by atoms with van der Waals surface area (Å²) in [6.07, 6.45) is 0.358. The van der Waals surface area contributed by atoms with Gasteiger partial charge in [-0.25, -0.2) is 9.18 Å². The van der Waals surface area contributed by atoms with Crippen LogP contribution in [0.3, 0.4) is 0 Å². The molecule has 0 saturated heterocycles. The molecule has 4 nitrogen and oxygen atoms in total. The summed E-state index contributed by atoms with van der Waals surface area (Å²) in [5.74, 6) is -1.72. The van der Waals surface area contributed by atoms with E-state index in [1.165, 1.54) is 20.0 Å². The van der Waals surface area contributed by atoms with Crippen molar-refractivity contribution in [1.29, 1.82) is 0 Å². The molecule has 0 bridgehead atoms. The summed E-state index contributed by atoms with van der Waals surface area (Å²) >= 11 is 0.